The van der Waals surface area contributed by atoms with Crippen LogP contribution >= 0.6 is 35.0 Å². The molecule has 0 unspecified atom stereocenters. The number of rotatable bonds is 8. The molecule has 0 saturated heterocycles. The van der Waals surface area contributed by atoms with Gasteiger partial charge in [0.05, 0.1) is 16.5 Å². The third kappa shape index (κ3) is 5.62. The van der Waals surface area contributed by atoms with Crippen LogP contribution in [0.4, 0.5) is 14.5 Å². The van der Waals surface area contributed by atoms with Crippen LogP contribution in [0.2, 0.25) is 10.0 Å². The minimum atomic E-state index is -0.842. The number of nitrogens with zero attached hydrogens (tertiary/aromatic N) is 3. The third-order valence-corrected chi connectivity index (χ3v) is 5.40. The molecule has 0 atom stereocenters. The first-order chi connectivity index (χ1) is 14.4. The van der Waals surface area contributed by atoms with Crippen molar-refractivity contribution in [2.45, 2.75) is 25.2 Å². The van der Waals surface area contributed by atoms with E-state index in [4.69, 9.17) is 27.9 Å². The van der Waals surface area contributed by atoms with Crippen molar-refractivity contribution in [1.82, 2.24) is 14.8 Å². The maximum absolute atomic E-state index is 13.7. The minimum Gasteiger partial charge on any atom is -0.484 e. The first kappa shape index (κ1) is 22.3. The number of benzene rings is 2. The molecule has 6 nitrogen and oxygen atoms in total. The monoisotopic (exact) mass is 472 g/mol. The van der Waals surface area contributed by atoms with Gasteiger partial charge in [-0.05, 0) is 37.3 Å². The lowest BCUT2D eigenvalue weighted by Crippen LogP contribution is -2.16. The summed E-state index contributed by atoms with van der Waals surface area (Å²) >= 11 is 13.1. The van der Waals surface area contributed by atoms with Crippen LogP contribution in [0.1, 0.15) is 12.7 Å². The Morgan fingerprint density at radius 2 is 2.00 bits per heavy atom. The number of carbonyl (C=O) groups is 1. The summed E-state index contributed by atoms with van der Waals surface area (Å²) in [6, 6.07) is 7.84. The highest BCUT2D eigenvalue weighted by atomic mass is 35.5. The van der Waals surface area contributed by atoms with Crippen LogP contribution in [-0.2, 0) is 17.9 Å². The summed E-state index contributed by atoms with van der Waals surface area (Å²) in [5.74, 6) is -1.03. The van der Waals surface area contributed by atoms with Crippen molar-refractivity contribution in [2.75, 3.05) is 11.1 Å². The summed E-state index contributed by atoms with van der Waals surface area (Å²) < 4.78 is 34.1. The van der Waals surface area contributed by atoms with E-state index >= 15 is 0 Å². The summed E-state index contributed by atoms with van der Waals surface area (Å²) in [7, 11) is 0. The smallest absolute Gasteiger partial charge is 0.234 e. The predicted molar refractivity (Wildman–Crippen MR) is 112 cm³/mol. The lowest BCUT2D eigenvalue weighted by atomic mass is 10.3. The van der Waals surface area contributed by atoms with Gasteiger partial charge in [-0.1, -0.05) is 35.0 Å². The molecule has 158 valence electrons. The molecule has 3 aromatic rings. The Hall–Kier alpha value is -2.36. The third-order valence-electron chi connectivity index (χ3n) is 3.90. The van der Waals surface area contributed by atoms with Crippen LogP contribution in [0.5, 0.6) is 5.75 Å². The quantitative estimate of drug-likeness (QED) is 0.456. The first-order valence-corrected chi connectivity index (χ1v) is 10.5. The number of aromatic nitrogens is 3. The van der Waals surface area contributed by atoms with E-state index in [1.54, 1.807) is 22.8 Å². The van der Waals surface area contributed by atoms with E-state index in [9.17, 15) is 13.6 Å². The Morgan fingerprint density at radius 1 is 1.20 bits per heavy atom. The molecule has 0 aliphatic heterocycles. The van der Waals surface area contributed by atoms with Gasteiger partial charge in [0.15, 0.2) is 11.0 Å². The van der Waals surface area contributed by atoms with Crippen LogP contribution in [0.15, 0.2) is 41.6 Å². The molecule has 1 amide bonds. The Morgan fingerprint density at radius 3 is 2.70 bits per heavy atom. The molecule has 1 N–H and O–H groups in total. The van der Waals surface area contributed by atoms with Crippen molar-refractivity contribution in [2.24, 2.45) is 0 Å². The number of halogens is 4. The molecule has 0 radical (unpaired) electrons. The van der Waals surface area contributed by atoms with E-state index in [0.29, 0.717) is 39.4 Å². The van der Waals surface area contributed by atoms with E-state index in [1.807, 2.05) is 6.92 Å². The Kier molecular flexibility index (Phi) is 7.52. The molecule has 30 heavy (non-hydrogen) atoms. The average Bonchev–Trinajstić information content (AvgIpc) is 3.09. The second kappa shape index (κ2) is 10.1. The first-order valence-electron chi connectivity index (χ1n) is 8.75. The fraction of sp³-hybridized carbons (Fsp3) is 0.211. The van der Waals surface area contributed by atoms with Crippen LogP contribution < -0.4 is 10.1 Å². The summed E-state index contributed by atoms with van der Waals surface area (Å²) in [5, 5.41) is 12.0. The second-order valence-corrected chi connectivity index (χ2v) is 7.75. The van der Waals surface area contributed by atoms with Crippen molar-refractivity contribution < 1.29 is 18.3 Å². The summed E-state index contributed by atoms with van der Waals surface area (Å²) in [6.45, 7) is 2.58. The molecule has 0 aliphatic rings. The summed E-state index contributed by atoms with van der Waals surface area (Å²) in [5.41, 5.74) is -0.0899. The average molecular weight is 473 g/mol. The number of thioether (sulfide) groups is 1. The topological polar surface area (TPSA) is 69.0 Å². The standard InChI is InChI=1S/C19H16Cl2F2N4O2S/c1-2-27-17(9-29-16-6-3-11(20)7-13(16)21)25-26-19(27)30-10-18(28)24-15-5-4-12(22)8-14(15)23/h3-8H,2,9-10H2,1H3,(H,24,28). The van der Waals surface area contributed by atoms with Gasteiger partial charge < -0.3 is 14.6 Å². The molecule has 3 rings (SSSR count). The summed E-state index contributed by atoms with van der Waals surface area (Å²) in [6.07, 6.45) is 0. The molecule has 11 heteroatoms. The molecule has 0 aliphatic carbocycles. The molecule has 1 aromatic heterocycles. The van der Waals surface area contributed by atoms with Gasteiger partial charge in [0, 0.05) is 17.6 Å². The number of ether oxygens (including phenoxy) is 1. The van der Waals surface area contributed by atoms with Gasteiger partial charge in [0.25, 0.3) is 0 Å². The van der Waals surface area contributed by atoms with Crippen molar-refractivity contribution in [3.8, 4) is 5.75 Å². The van der Waals surface area contributed by atoms with Crippen molar-refractivity contribution in [3.63, 3.8) is 0 Å². The van der Waals surface area contributed by atoms with E-state index in [0.717, 1.165) is 17.8 Å². The number of hydrogen-bond acceptors (Lipinski definition) is 5. The summed E-state index contributed by atoms with van der Waals surface area (Å²) in [4.78, 5) is 12.1. The van der Waals surface area contributed by atoms with Gasteiger partial charge in [-0.2, -0.15) is 0 Å². The van der Waals surface area contributed by atoms with Gasteiger partial charge >= 0.3 is 0 Å². The van der Waals surface area contributed by atoms with Crippen LogP contribution in [-0.4, -0.2) is 26.4 Å². The van der Waals surface area contributed by atoms with Gasteiger partial charge in [-0.15, -0.1) is 10.2 Å². The fourth-order valence-electron chi connectivity index (χ4n) is 2.49. The second-order valence-electron chi connectivity index (χ2n) is 5.97. The van der Waals surface area contributed by atoms with Gasteiger partial charge in [-0.25, -0.2) is 8.78 Å². The largest absolute Gasteiger partial charge is 0.484 e. The maximum atomic E-state index is 13.7. The van der Waals surface area contributed by atoms with E-state index < -0.39 is 17.5 Å². The number of hydrogen-bond donors (Lipinski definition) is 1. The van der Waals surface area contributed by atoms with Crippen molar-refractivity contribution in [3.05, 3.63) is 63.9 Å². The molecule has 0 bridgehead atoms. The van der Waals surface area contributed by atoms with E-state index in [2.05, 4.69) is 15.5 Å². The van der Waals surface area contributed by atoms with Crippen LogP contribution in [0, 0.1) is 11.6 Å². The van der Waals surface area contributed by atoms with Gasteiger partial charge in [0.2, 0.25) is 5.91 Å². The normalized spacial score (nSPS) is 10.8. The Labute approximate surface area is 185 Å². The molecular formula is C19H16Cl2F2N4O2S. The predicted octanol–water partition coefficient (Wildman–Crippen LogP) is 5.19. The lowest BCUT2D eigenvalue weighted by Gasteiger charge is -2.10. The zero-order chi connectivity index (χ0) is 21.7. The number of carbonyl (C=O) groups excluding carboxylic acids is 1. The van der Waals surface area contributed by atoms with Crippen LogP contribution in [0.25, 0.3) is 0 Å². The van der Waals surface area contributed by atoms with Crippen LogP contribution in [0.3, 0.4) is 0 Å². The molecule has 0 fully saturated rings. The number of amides is 1. The SMILES string of the molecule is CCn1c(COc2ccc(Cl)cc2Cl)nnc1SCC(=O)Nc1ccc(F)cc1F. The van der Waals surface area contributed by atoms with E-state index in [-0.39, 0.29) is 18.0 Å². The van der Waals surface area contributed by atoms with Crippen molar-refractivity contribution in [1.29, 1.82) is 0 Å². The molecule has 0 saturated carbocycles. The molecule has 1 heterocycles. The Balaban J connectivity index is 1.60. The highest BCUT2D eigenvalue weighted by molar-refractivity contribution is 7.99. The van der Waals surface area contributed by atoms with E-state index in [1.165, 1.54) is 6.07 Å². The fourth-order valence-corrected chi connectivity index (χ4v) is 3.78. The minimum absolute atomic E-state index is 0.0289. The highest BCUT2D eigenvalue weighted by Crippen LogP contribution is 2.28. The lowest BCUT2D eigenvalue weighted by molar-refractivity contribution is -0.113. The maximum Gasteiger partial charge on any atom is 0.234 e. The zero-order valence-corrected chi connectivity index (χ0v) is 18.0. The number of nitrogens with one attached hydrogen (secondary N) is 1. The Bertz CT molecular complexity index is 1070. The van der Waals surface area contributed by atoms with Gasteiger partial charge in [-0.3, -0.25) is 4.79 Å². The number of anilines is 1. The zero-order valence-electron chi connectivity index (χ0n) is 15.7. The highest BCUT2D eigenvalue weighted by Gasteiger charge is 2.15. The molecule has 2 aromatic carbocycles. The van der Waals surface area contributed by atoms with Gasteiger partial charge in [0.1, 0.15) is 24.0 Å². The van der Waals surface area contributed by atoms with Crippen molar-refractivity contribution >= 4 is 46.6 Å². The molecule has 0 spiro atoms. The molecular weight excluding hydrogens is 457 g/mol.